The van der Waals surface area contributed by atoms with Crippen LogP contribution in [0.3, 0.4) is 0 Å². The number of amides is 1. The van der Waals surface area contributed by atoms with E-state index >= 15 is 0 Å². The summed E-state index contributed by atoms with van der Waals surface area (Å²) >= 11 is 17.8. The average Bonchev–Trinajstić information content (AvgIpc) is 2.65. The normalized spacial score (nSPS) is 10.8. The van der Waals surface area contributed by atoms with Gasteiger partial charge in [0.1, 0.15) is 0 Å². The first-order valence-corrected chi connectivity index (χ1v) is 7.63. The molecule has 22 heavy (non-hydrogen) atoms. The molecule has 0 fully saturated rings. The van der Waals surface area contributed by atoms with E-state index < -0.39 is 0 Å². The zero-order chi connectivity index (χ0) is 16.4. The summed E-state index contributed by atoms with van der Waals surface area (Å²) in [7, 11) is 0. The number of nitrogens with one attached hydrogen (secondary N) is 2. The number of aryl methyl sites for hydroxylation is 1. The van der Waals surface area contributed by atoms with Crippen LogP contribution in [0.5, 0.6) is 0 Å². The molecule has 5 nitrogen and oxygen atoms in total. The molecule has 0 radical (unpaired) electrons. The number of halogens is 3. The third-order valence-electron chi connectivity index (χ3n) is 3.32. The van der Waals surface area contributed by atoms with Crippen LogP contribution in [0.1, 0.15) is 17.8 Å². The van der Waals surface area contributed by atoms with Crippen molar-refractivity contribution in [1.29, 1.82) is 0 Å². The number of carbonyl (C=O) groups is 1. The van der Waals surface area contributed by atoms with Crippen LogP contribution in [0.2, 0.25) is 15.1 Å². The Morgan fingerprint density at radius 2 is 1.82 bits per heavy atom. The van der Waals surface area contributed by atoms with Crippen LogP contribution in [0.25, 0.3) is 0 Å². The monoisotopic (exact) mass is 361 g/mol. The third kappa shape index (κ3) is 3.66. The number of hydrogen-bond donors (Lipinski definition) is 2. The first kappa shape index (κ1) is 16.9. The Balaban J connectivity index is 2.07. The Morgan fingerprint density at radius 3 is 2.32 bits per heavy atom. The molecular weight excluding hydrogens is 349 g/mol. The predicted octanol–water partition coefficient (Wildman–Crippen LogP) is 3.78. The standard InChI is InChI=1S/C14H14Cl3N3O2/c1-7-8(2)20(14(22)18-7)4-3-12(21)19-13-10(16)5-9(15)6-11(13)17/h5-6H,3-4H2,1-2H3,(H,18,22)(H,19,21). The molecule has 0 atom stereocenters. The Kier molecular flexibility index (Phi) is 5.21. The highest BCUT2D eigenvalue weighted by Crippen LogP contribution is 2.33. The van der Waals surface area contributed by atoms with Crippen LogP contribution in [0.4, 0.5) is 5.69 Å². The van der Waals surface area contributed by atoms with Crippen molar-refractivity contribution in [1.82, 2.24) is 9.55 Å². The number of hydrogen-bond acceptors (Lipinski definition) is 2. The van der Waals surface area contributed by atoms with Crippen LogP contribution < -0.4 is 11.0 Å². The Morgan fingerprint density at radius 1 is 1.23 bits per heavy atom. The molecule has 1 heterocycles. The second kappa shape index (κ2) is 6.77. The maximum Gasteiger partial charge on any atom is 0.325 e. The molecule has 0 unspecified atom stereocenters. The molecule has 0 bridgehead atoms. The number of carbonyl (C=O) groups excluding carboxylic acids is 1. The molecule has 118 valence electrons. The van der Waals surface area contributed by atoms with Gasteiger partial charge in [-0.1, -0.05) is 34.8 Å². The Labute approximate surface area is 142 Å². The molecule has 0 aliphatic heterocycles. The lowest BCUT2D eigenvalue weighted by atomic mass is 10.3. The molecule has 1 aromatic heterocycles. The van der Waals surface area contributed by atoms with Crippen LogP contribution in [-0.4, -0.2) is 15.5 Å². The van der Waals surface area contributed by atoms with Gasteiger partial charge in [-0.15, -0.1) is 0 Å². The molecule has 0 aliphatic rings. The van der Waals surface area contributed by atoms with Gasteiger partial charge in [0, 0.05) is 29.4 Å². The van der Waals surface area contributed by atoms with Gasteiger partial charge in [0.15, 0.2) is 0 Å². The second-order valence-electron chi connectivity index (χ2n) is 4.83. The van der Waals surface area contributed by atoms with Gasteiger partial charge < -0.3 is 10.3 Å². The third-order valence-corrected chi connectivity index (χ3v) is 4.14. The van der Waals surface area contributed by atoms with Crippen LogP contribution in [-0.2, 0) is 11.3 Å². The van der Waals surface area contributed by atoms with Gasteiger partial charge in [-0.05, 0) is 26.0 Å². The minimum absolute atomic E-state index is 0.118. The van der Waals surface area contributed by atoms with Crippen molar-refractivity contribution in [2.75, 3.05) is 5.32 Å². The van der Waals surface area contributed by atoms with Gasteiger partial charge in [0.05, 0.1) is 15.7 Å². The van der Waals surface area contributed by atoms with Crippen molar-refractivity contribution in [3.8, 4) is 0 Å². The summed E-state index contributed by atoms with van der Waals surface area (Å²) in [5, 5.41) is 3.54. The fourth-order valence-corrected chi connectivity index (χ4v) is 2.93. The van der Waals surface area contributed by atoms with Crippen molar-refractivity contribution >= 4 is 46.4 Å². The van der Waals surface area contributed by atoms with Gasteiger partial charge in [-0.3, -0.25) is 9.36 Å². The highest BCUT2D eigenvalue weighted by Gasteiger charge is 2.13. The van der Waals surface area contributed by atoms with Gasteiger partial charge in [0.2, 0.25) is 5.91 Å². The largest absolute Gasteiger partial charge is 0.325 e. The van der Waals surface area contributed by atoms with E-state index in [2.05, 4.69) is 10.3 Å². The Hall–Kier alpha value is -1.43. The molecule has 2 aromatic rings. The molecule has 0 saturated heterocycles. The van der Waals surface area contributed by atoms with Crippen molar-refractivity contribution in [2.45, 2.75) is 26.8 Å². The summed E-state index contributed by atoms with van der Waals surface area (Å²) in [4.78, 5) is 26.4. The topological polar surface area (TPSA) is 66.9 Å². The molecule has 0 spiro atoms. The summed E-state index contributed by atoms with van der Waals surface area (Å²) in [6.07, 6.45) is 0.118. The van der Waals surface area contributed by atoms with E-state index in [9.17, 15) is 9.59 Å². The first-order chi connectivity index (χ1) is 10.3. The lowest BCUT2D eigenvalue weighted by Gasteiger charge is -2.10. The summed E-state index contributed by atoms with van der Waals surface area (Å²) in [5.74, 6) is -0.295. The average molecular weight is 363 g/mol. The van der Waals surface area contributed by atoms with E-state index in [0.717, 1.165) is 11.4 Å². The summed E-state index contributed by atoms with van der Waals surface area (Å²) < 4.78 is 1.51. The maximum atomic E-state index is 12.0. The van der Waals surface area contributed by atoms with E-state index in [1.165, 1.54) is 16.7 Å². The number of benzene rings is 1. The van der Waals surface area contributed by atoms with Crippen molar-refractivity contribution in [3.63, 3.8) is 0 Å². The molecule has 0 saturated carbocycles. The lowest BCUT2D eigenvalue weighted by Crippen LogP contribution is -2.22. The van der Waals surface area contributed by atoms with Crippen LogP contribution in [0, 0.1) is 13.8 Å². The Bertz CT molecular complexity index is 757. The second-order valence-corrected chi connectivity index (χ2v) is 6.09. The zero-order valence-electron chi connectivity index (χ0n) is 12.0. The van der Waals surface area contributed by atoms with Crippen LogP contribution in [0.15, 0.2) is 16.9 Å². The number of aromatic amines is 1. The van der Waals surface area contributed by atoms with E-state index in [4.69, 9.17) is 34.8 Å². The fourth-order valence-electron chi connectivity index (χ4n) is 2.02. The molecule has 2 N–H and O–H groups in total. The van der Waals surface area contributed by atoms with Crippen molar-refractivity contribution in [2.24, 2.45) is 0 Å². The van der Waals surface area contributed by atoms with E-state index in [0.29, 0.717) is 10.7 Å². The maximum absolute atomic E-state index is 12.0. The number of anilines is 1. The summed E-state index contributed by atoms with van der Waals surface area (Å²) in [6.45, 7) is 3.89. The number of H-pyrrole nitrogens is 1. The minimum atomic E-state index is -0.295. The zero-order valence-corrected chi connectivity index (χ0v) is 14.2. The van der Waals surface area contributed by atoms with Gasteiger partial charge in [0.25, 0.3) is 0 Å². The predicted molar refractivity (Wildman–Crippen MR) is 89.2 cm³/mol. The van der Waals surface area contributed by atoms with Gasteiger partial charge in [-0.25, -0.2) is 4.79 Å². The highest BCUT2D eigenvalue weighted by molar-refractivity contribution is 6.42. The lowest BCUT2D eigenvalue weighted by molar-refractivity contribution is -0.116. The molecule has 1 amide bonds. The number of nitrogens with zero attached hydrogens (tertiary/aromatic N) is 1. The SMILES string of the molecule is Cc1[nH]c(=O)n(CCC(=O)Nc2c(Cl)cc(Cl)cc2Cl)c1C. The fraction of sp³-hybridized carbons (Fsp3) is 0.286. The van der Waals surface area contributed by atoms with Crippen molar-refractivity contribution < 1.29 is 4.79 Å². The number of aromatic nitrogens is 2. The minimum Gasteiger partial charge on any atom is -0.323 e. The highest BCUT2D eigenvalue weighted by atomic mass is 35.5. The molecular formula is C14H14Cl3N3O2. The summed E-state index contributed by atoms with van der Waals surface area (Å²) in [5.41, 5.74) is 1.67. The van der Waals surface area contributed by atoms with Crippen molar-refractivity contribution in [3.05, 3.63) is 49.1 Å². The van der Waals surface area contributed by atoms with Gasteiger partial charge in [-0.2, -0.15) is 0 Å². The molecule has 2 rings (SSSR count). The molecule has 1 aromatic carbocycles. The number of imidazole rings is 1. The summed E-state index contributed by atoms with van der Waals surface area (Å²) in [6, 6.07) is 2.99. The molecule has 8 heteroatoms. The quantitative estimate of drug-likeness (QED) is 0.869. The van der Waals surface area contributed by atoms with E-state index in [1.54, 1.807) is 6.92 Å². The van der Waals surface area contributed by atoms with Crippen LogP contribution >= 0.6 is 34.8 Å². The van der Waals surface area contributed by atoms with E-state index in [1.807, 2.05) is 6.92 Å². The molecule has 0 aliphatic carbocycles. The van der Waals surface area contributed by atoms with Gasteiger partial charge >= 0.3 is 5.69 Å². The van der Waals surface area contributed by atoms with E-state index in [-0.39, 0.29) is 34.6 Å². The number of rotatable bonds is 4. The smallest absolute Gasteiger partial charge is 0.323 e. The first-order valence-electron chi connectivity index (χ1n) is 6.50.